The van der Waals surface area contributed by atoms with Crippen molar-refractivity contribution in [1.29, 1.82) is 0 Å². The first kappa shape index (κ1) is 12.0. The second-order valence-electron chi connectivity index (χ2n) is 2.47. The molecular weight excluding hydrogens is 335 g/mol. The average Bonchev–Trinajstić information content (AvgIpc) is 2.11. The molecule has 0 heterocycles. The molecule has 1 aromatic rings. The number of hydrogen-bond donors (Lipinski definition) is 0. The lowest BCUT2D eigenvalue weighted by Gasteiger charge is -2.06. The normalized spacial score (nSPS) is 10.0. The van der Waals surface area contributed by atoms with E-state index < -0.39 is 0 Å². The van der Waals surface area contributed by atoms with Crippen LogP contribution in [0.5, 0.6) is 0 Å². The average molecular weight is 342 g/mol. The molecule has 0 aliphatic carbocycles. The number of ether oxygens (including phenoxy) is 1. The van der Waals surface area contributed by atoms with Crippen LogP contribution in [-0.4, -0.2) is 12.6 Å². The summed E-state index contributed by atoms with van der Waals surface area (Å²) >= 11 is 12.4. The van der Waals surface area contributed by atoms with Crippen LogP contribution >= 0.6 is 43.5 Å². The molecule has 0 aliphatic heterocycles. The van der Waals surface area contributed by atoms with Crippen molar-refractivity contribution in [2.75, 3.05) is 6.61 Å². The van der Waals surface area contributed by atoms with Crippen LogP contribution in [0.25, 0.3) is 0 Å². The van der Waals surface area contributed by atoms with Gasteiger partial charge in [-0.2, -0.15) is 0 Å². The van der Waals surface area contributed by atoms with Crippen molar-refractivity contribution in [3.05, 3.63) is 31.7 Å². The zero-order valence-electron chi connectivity index (χ0n) is 7.31. The first-order valence-corrected chi connectivity index (χ1v) is 5.84. The van der Waals surface area contributed by atoms with Gasteiger partial charge >= 0.3 is 5.97 Å². The van der Waals surface area contributed by atoms with Gasteiger partial charge < -0.3 is 4.74 Å². The molecule has 0 aliphatic rings. The third kappa shape index (κ3) is 2.72. The Balaban J connectivity index is 3.13. The summed E-state index contributed by atoms with van der Waals surface area (Å²) in [6.07, 6.45) is 0. The zero-order valence-corrected chi connectivity index (χ0v) is 11.2. The minimum absolute atomic E-state index is 0.343. The molecule has 0 atom stereocenters. The van der Waals surface area contributed by atoms with E-state index in [-0.39, 0.29) is 5.97 Å². The van der Waals surface area contributed by atoms with Crippen molar-refractivity contribution in [3.8, 4) is 0 Å². The topological polar surface area (TPSA) is 26.3 Å². The molecule has 0 bridgehead atoms. The van der Waals surface area contributed by atoms with Crippen LogP contribution in [0, 0.1) is 0 Å². The van der Waals surface area contributed by atoms with E-state index in [1.807, 2.05) is 0 Å². The molecule has 0 spiro atoms. The van der Waals surface area contributed by atoms with Gasteiger partial charge in [0.15, 0.2) is 0 Å². The fourth-order valence-electron chi connectivity index (χ4n) is 0.913. The highest BCUT2D eigenvalue weighted by Crippen LogP contribution is 2.30. The molecule has 0 saturated carbocycles. The maximum Gasteiger partial charge on any atom is 0.339 e. The molecule has 1 rings (SSSR count). The Morgan fingerprint density at radius 2 is 2.14 bits per heavy atom. The van der Waals surface area contributed by atoms with Crippen LogP contribution in [-0.2, 0) is 4.74 Å². The van der Waals surface area contributed by atoms with Crippen LogP contribution in [0.2, 0.25) is 5.02 Å². The predicted molar refractivity (Wildman–Crippen MR) is 62.8 cm³/mol. The van der Waals surface area contributed by atoms with Crippen LogP contribution in [0.1, 0.15) is 17.3 Å². The van der Waals surface area contributed by atoms with Gasteiger partial charge in [-0.3, -0.25) is 0 Å². The minimum atomic E-state index is -0.387. The quantitative estimate of drug-likeness (QED) is 0.599. The molecule has 0 aromatic heterocycles. The van der Waals surface area contributed by atoms with Crippen LogP contribution < -0.4 is 0 Å². The molecular formula is C9H7Br2ClO2. The third-order valence-corrected chi connectivity index (χ3v) is 3.33. The van der Waals surface area contributed by atoms with E-state index in [0.29, 0.717) is 21.7 Å². The number of esters is 1. The summed E-state index contributed by atoms with van der Waals surface area (Å²) in [5, 5.41) is 0.474. The number of hydrogen-bond acceptors (Lipinski definition) is 2. The van der Waals surface area contributed by atoms with Gasteiger partial charge in [-0.1, -0.05) is 27.5 Å². The zero-order chi connectivity index (χ0) is 10.7. The molecule has 0 amide bonds. The Morgan fingerprint density at radius 3 is 2.71 bits per heavy atom. The standard InChI is InChI=1S/C9H7Br2ClO2/c1-2-14-9(13)6-3-5(10)4-7(12)8(6)11/h3-4H,2H2,1H3. The molecule has 14 heavy (non-hydrogen) atoms. The van der Waals surface area contributed by atoms with Gasteiger partial charge in [0.05, 0.1) is 21.7 Å². The summed E-state index contributed by atoms with van der Waals surface area (Å²) in [4.78, 5) is 11.4. The van der Waals surface area contributed by atoms with E-state index in [0.717, 1.165) is 4.47 Å². The Morgan fingerprint density at radius 1 is 1.50 bits per heavy atom. The summed E-state index contributed by atoms with van der Waals surface area (Å²) in [5.41, 5.74) is 0.422. The lowest BCUT2D eigenvalue weighted by atomic mass is 10.2. The minimum Gasteiger partial charge on any atom is -0.462 e. The molecule has 0 unspecified atom stereocenters. The molecule has 0 N–H and O–H groups in total. The first-order valence-electron chi connectivity index (χ1n) is 3.88. The number of rotatable bonds is 2. The molecule has 5 heteroatoms. The monoisotopic (exact) mass is 340 g/mol. The van der Waals surface area contributed by atoms with Gasteiger partial charge in [-0.05, 0) is 35.0 Å². The lowest BCUT2D eigenvalue weighted by Crippen LogP contribution is -2.05. The maximum atomic E-state index is 11.4. The number of halogens is 3. The summed E-state index contributed by atoms with van der Waals surface area (Å²) in [5.74, 6) is -0.387. The van der Waals surface area contributed by atoms with Gasteiger partial charge in [0, 0.05) is 4.47 Å². The second-order valence-corrected chi connectivity index (χ2v) is 4.59. The number of carbonyl (C=O) groups excluding carboxylic acids is 1. The lowest BCUT2D eigenvalue weighted by molar-refractivity contribution is 0.0525. The second kappa shape index (κ2) is 5.14. The Hall–Kier alpha value is -0.0600. The molecule has 0 fully saturated rings. The van der Waals surface area contributed by atoms with Gasteiger partial charge in [0.2, 0.25) is 0 Å². The summed E-state index contributed by atoms with van der Waals surface area (Å²) in [6.45, 7) is 2.10. The summed E-state index contributed by atoms with van der Waals surface area (Å²) < 4.78 is 6.17. The van der Waals surface area contributed by atoms with Crippen molar-refractivity contribution in [1.82, 2.24) is 0 Å². The van der Waals surface area contributed by atoms with E-state index in [9.17, 15) is 4.79 Å². The highest BCUT2D eigenvalue weighted by atomic mass is 79.9. The summed E-state index contributed by atoms with van der Waals surface area (Å²) in [7, 11) is 0. The molecule has 1 aromatic carbocycles. The van der Waals surface area contributed by atoms with Crippen LogP contribution in [0.3, 0.4) is 0 Å². The van der Waals surface area contributed by atoms with Crippen molar-refractivity contribution in [2.24, 2.45) is 0 Å². The van der Waals surface area contributed by atoms with Crippen molar-refractivity contribution >= 4 is 49.4 Å². The number of carbonyl (C=O) groups is 1. The number of benzene rings is 1. The fourth-order valence-corrected chi connectivity index (χ4v) is 2.11. The van der Waals surface area contributed by atoms with Crippen LogP contribution in [0.4, 0.5) is 0 Å². The SMILES string of the molecule is CCOC(=O)c1cc(Br)cc(Cl)c1Br. The van der Waals surface area contributed by atoms with Crippen molar-refractivity contribution in [2.45, 2.75) is 6.92 Å². The van der Waals surface area contributed by atoms with Crippen LogP contribution in [0.15, 0.2) is 21.1 Å². The third-order valence-electron chi connectivity index (χ3n) is 1.49. The molecule has 0 saturated heterocycles. The van der Waals surface area contributed by atoms with Gasteiger partial charge in [0.25, 0.3) is 0 Å². The van der Waals surface area contributed by atoms with Crippen molar-refractivity contribution in [3.63, 3.8) is 0 Å². The fraction of sp³-hybridized carbons (Fsp3) is 0.222. The molecule has 76 valence electrons. The highest BCUT2D eigenvalue weighted by Gasteiger charge is 2.14. The smallest absolute Gasteiger partial charge is 0.339 e. The summed E-state index contributed by atoms with van der Waals surface area (Å²) in [6, 6.07) is 3.36. The van der Waals surface area contributed by atoms with E-state index >= 15 is 0 Å². The largest absolute Gasteiger partial charge is 0.462 e. The van der Waals surface area contributed by atoms with Gasteiger partial charge in [0.1, 0.15) is 0 Å². The molecule has 0 radical (unpaired) electrons. The molecule has 2 nitrogen and oxygen atoms in total. The van der Waals surface area contributed by atoms with Crippen molar-refractivity contribution < 1.29 is 9.53 Å². The Labute approximate surface area is 104 Å². The van der Waals surface area contributed by atoms with E-state index in [1.165, 1.54) is 0 Å². The highest BCUT2D eigenvalue weighted by molar-refractivity contribution is 9.11. The van der Waals surface area contributed by atoms with E-state index in [1.54, 1.807) is 19.1 Å². The Kier molecular flexibility index (Phi) is 4.41. The van der Waals surface area contributed by atoms with E-state index in [2.05, 4.69) is 31.9 Å². The maximum absolute atomic E-state index is 11.4. The van der Waals surface area contributed by atoms with Gasteiger partial charge in [-0.25, -0.2) is 4.79 Å². The predicted octanol–water partition coefficient (Wildman–Crippen LogP) is 4.04. The Bertz CT molecular complexity index is 366. The van der Waals surface area contributed by atoms with E-state index in [4.69, 9.17) is 16.3 Å². The van der Waals surface area contributed by atoms with Gasteiger partial charge in [-0.15, -0.1) is 0 Å². The first-order chi connectivity index (χ1) is 6.56.